The Bertz CT molecular complexity index is 695. The van der Waals surface area contributed by atoms with E-state index in [2.05, 4.69) is 25.6 Å². The zero-order valence-corrected chi connectivity index (χ0v) is 14.4. The zero-order valence-electron chi connectivity index (χ0n) is 12.0. The van der Waals surface area contributed by atoms with Crippen LogP contribution in [0.1, 0.15) is 6.92 Å². The van der Waals surface area contributed by atoms with Gasteiger partial charge in [0.25, 0.3) is 0 Å². The van der Waals surface area contributed by atoms with Gasteiger partial charge in [0.1, 0.15) is 0 Å². The molecule has 1 aromatic heterocycles. The molecule has 0 bridgehead atoms. The van der Waals surface area contributed by atoms with Gasteiger partial charge in [-0.3, -0.25) is 10.1 Å². The first-order valence-corrected chi connectivity index (χ1v) is 8.70. The van der Waals surface area contributed by atoms with E-state index in [1.807, 2.05) is 12.1 Å². The molecule has 0 unspecified atom stereocenters. The molecule has 2 amide bonds. The van der Waals surface area contributed by atoms with Crippen LogP contribution < -0.4 is 10.6 Å². The van der Waals surface area contributed by atoms with Gasteiger partial charge in [0.05, 0.1) is 12.4 Å². The summed E-state index contributed by atoms with van der Waals surface area (Å²) in [5, 5.41) is 14.3. The topological polar surface area (TPSA) is 93.2 Å². The van der Waals surface area contributed by atoms with E-state index >= 15 is 0 Å². The molecule has 122 valence electrons. The zero-order chi connectivity index (χ0) is 16.7. The predicted octanol–water partition coefficient (Wildman–Crippen LogP) is 3.30. The van der Waals surface area contributed by atoms with Crippen molar-refractivity contribution >= 4 is 57.5 Å². The number of imide groups is 1. The van der Waals surface area contributed by atoms with Crippen molar-refractivity contribution in [3.8, 4) is 0 Å². The number of alkyl carbamates (subject to hydrolysis) is 1. The van der Waals surface area contributed by atoms with Crippen molar-refractivity contribution in [1.29, 1.82) is 0 Å². The quantitative estimate of drug-likeness (QED) is 0.751. The lowest BCUT2D eigenvalue weighted by Crippen LogP contribution is -2.32. The number of anilines is 2. The van der Waals surface area contributed by atoms with Crippen LogP contribution in [0.25, 0.3) is 0 Å². The van der Waals surface area contributed by atoms with Crippen LogP contribution in [-0.2, 0) is 9.53 Å². The Balaban J connectivity index is 1.83. The van der Waals surface area contributed by atoms with Gasteiger partial charge in [-0.25, -0.2) is 4.79 Å². The molecule has 0 aliphatic carbocycles. The number of hydrogen-bond donors (Lipinski definition) is 2. The number of nitrogens with zero attached hydrogens (tertiary/aromatic N) is 2. The van der Waals surface area contributed by atoms with Crippen LogP contribution in [0.3, 0.4) is 0 Å². The van der Waals surface area contributed by atoms with Crippen LogP contribution in [-0.4, -0.2) is 34.6 Å². The molecular weight excluding hydrogens is 360 g/mol. The molecule has 0 saturated heterocycles. The van der Waals surface area contributed by atoms with Gasteiger partial charge in [-0.15, -0.1) is 10.2 Å². The molecule has 1 aromatic carbocycles. The molecule has 23 heavy (non-hydrogen) atoms. The van der Waals surface area contributed by atoms with Crippen LogP contribution in [0.4, 0.5) is 15.6 Å². The number of halogens is 1. The summed E-state index contributed by atoms with van der Waals surface area (Å²) >= 11 is 8.38. The maximum absolute atomic E-state index is 11.5. The van der Waals surface area contributed by atoms with E-state index in [0.29, 0.717) is 14.5 Å². The van der Waals surface area contributed by atoms with Gasteiger partial charge in [0.2, 0.25) is 11.0 Å². The highest BCUT2D eigenvalue weighted by Gasteiger charge is 2.11. The van der Waals surface area contributed by atoms with Crippen LogP contribution in [0.15, 0.2) is 28.6 Å². The second kappa shape index (κ2) is 8.70. The first kappa shape index (κ1) is 17.5. The summed E-state index contributed by atoms with van der Waals surface area (Å²) in [4.78, 5) is 22.6. The largest absolute Gasteiger partial charge is 0.450 e. The lowest BCUT2D eigenvalue weighted by molar-refractivity contribution is -0.117. The van der Waals surface area contributed by atoms with Gasteiger partial charge in [-0.1, -0.05) is 40.8 Å². The third-order valence-electron chi connectivity index (χ3n) is 2.33. The number of ether oxygens (including phenoxy) is 1. The number of nitrogens with one attached hydrogen (secondary N) is 2. The third-order valence-corrected chi connectivity index (χ3v) is 4.53. The van der Waals surface area contributed by atoms with Crippen molar-refractivity contribution in [1.82, 2.24) is 15.5 Å². The van der Waals surface area contributed by atoms with Crippen molar-refractivity contribution in [2.24, 2.45) is 0 Å². The maximum atomic E-state index is 11.5. The molecule has 0 radical (unpaired) electrons. The minimum absolute atomic E-state index is 0.0462. The summed E-state index contributed by atoms with van der Waals surface area (Å²) in [6, 6.07) is 7.22. The Morgan fingerprint density at radius 2 is 2.22 bits per heavy atom. The van der Waals surface area contributed by atoms with Crippen molar-refractivity contribution in [2.75, 3.05) is 17.7 Å². The fourth-order valence-corrected chi connectivity index (χ4v) is 3.22. The average Bonchev–Trinajstić information content (AvgIpc) is 2.93. The predicted molar refractivity (Wildman–Crippen MR) is 90.5 cm³/mol. The molecule has 7 nitrogen and oxygen atoms in total. The van der Waals surface area contributed by atoms with Crippen LogP contribution in [0.2, 0.25) is 5.02 Å². The van der Waals surface area contributed by atoms with Crippen LogP contribution in [0, 0.1) is 0 Å². The molecule has 0 atom stereocenters. The monoisotopic (exact) mass is 372 g/mol. The Labute approximate surface area is 145 Å². The molecule has 2 rings (SSSR count). The number of rotatable bonds is 6. The first-order valence-electron chi connectivity index (χ1n) is 6.52. The van der Waals surface area contributed by atoms with Crippen molar-refractivity contribution < 1.29 is 14.3 Å². The minimum Gasteiger partial charge on any atom is -0.450 e. The van der Waals surface area contributed by atoms with Gasteiger partial charge in [0, 0.05) is 10.7 Å². The van der Waals surface area contributed by atoms with E-state index in [0.717, 1.165) is 5.69 Å². The first-order chi connectivity index (χ1) is 11.1. The number of hydrogen-bond acceptors (Lipinski definition) is 8. The van der Waals surface area contributed by atoms with Gasteiger partial charge in [-0.05, 0) is 25.1 Å². The molecule has 2 aromatic rings. The molecule has 10 heteroatoms. The second-order valence-electron chi connectivity index (χ2n) is 4.07. The molecule has 2 N–H and O–H groups in total. The summed E-state index contributed by atoms with van der Waals surface area (Å²) in [5.74, 6) is -0.405. The fraction of sp³-hybridized carbons (Fsp3) is 0.231. The van der Waals surface area contributed by atoms with Crippen molar-refractivity contribution in [2.45, 2.75) is 11.3 Å². The van der Waals surface area contributed by atoms with Gasteiger partial charge >= 0.3 is 6.09 Å². The number of benzene rings is 1. The van der Waals surface area contributed by atoms with E-state index in [4.69, 9.17) is 11.6 Å². The molecule has 0 aliphatic rings. The fourth-order valence-electron chi connectivity index (χ4n) is 1.45. The van der Waals surface area contributed by atoms with Gasteiger partial charge in [0.15, 0.2) is 4.34 Å². The van der Waals surface area contributed by atoms with E-state index in [1.165, 1.54) is 23.1 Å². The minimum atomic E-state index is -0.751. The number of aromatic nitrogens is 2. The summed E-state index contributed by atoms with van der Waals surface area (Å²) in [6.07, 6.45) is -0.751. The smallest absolute Gasteiger partial charge is 0.413 e. The van der Waals surface area contributed by atoms with E-state index < -0.39 is 12.0 Å². The molecule has 1 heterocycles. The Kier molecular flexibility index (Phi) is 6.63. The number of carbonyl (C=O) groups excluding carboxylic acids is 2. The van der Waals surface area contributed by atoms with Gasteiger partial charge < -0.3 is 10.1 Å². The highest BCUT2D eigenvalue weighted by atomic mass is 35.5. The number of amides is 2. The molecule has 0 aliphatic heterocycles. The van der Waals surface area contributed by atoms with E-state index in [-0.39, 0.29) is 12.4 Å². The molecule has 0 fully saturated rings. The Morgan fingerprint density at radius 1 is 1.39 bits per heavy atom. The third kappa shape index (κ3) is 6.05. The highest BCUT2D eigenvalue weighted by Crippen LogP contribution is 2.28. The average molecular weight is 373 g/mol. The second-order valence-corrected chi connectivity index (χ2v) is 6.70. The van der Waals surface area contributed by atoms with Crippen molar-refractivity contribution in [3.05, 3.63) is 29.3 Å². The normalized spacial score (nSPS) is 10.2. The summed E-state index contributed by atoms with van der Waals surface area (Å²) in [5.41, 5.74) is 0.797. The van der Waals surface area contributed by atoms with Crippen LogP contribution in [0.5, 0.6) is 0 Å². The van der Waals surface area contributed by atoms with Crippen molar-refractivity contribution in [3.63, 3.8) is 0 Å². The van der Waals surface area contributed by atoms with Gasteiger partial charge in [-0.2, -0.15) is 0 Å². The number of carbonyl (C=O) groups is 2. The summed E-state index contributed by atoms with van der Waals surface area (Å²) in [6.45, 7) is 1.87. The maximum Gasteiger partial charge on any atom is 0.413 e. The van der Waals surface area contributed by atoms with E-state index in [9.17, 15) is 9.59 Å². The molecular formula is C13H13ClN4O3S2. The summed E-state index contributed by atoms with van der Waals surface area (Å²) < 4.78 is 5.22. The lowest BCUT2D eigenvalue weighted by Gasteiger charge is -2.02. The molecule has 0 saturated carbocycles. The Hall–Kier alpha value is -1.84. The molecule has 0 spiro atoms. The summed E-state index contributed by atoms with van der Waals surface area (Å²) in [7, 11) is 0. The number of thioether (sulfide) groups is 1. The Morgan fingerprint density at radius 3 is 2.96 bits per heavy atom. The highest BCUT2D eigenvalue weighted by molar-refractivity contribution is 8.01. The van der Waals surface area contributed by atoms with Crippen LogP contribution >= 0.6 is 34.7 Å². The van der Waals surface area contributed by atoms with E-state index in [1.54, 1.807) is 19.1 Å². The standard InChI is InChI=1S/C13H13ClN4O3S2/c1-2-21-12(20)16-10(19)7-22-13-18-17-11(23-13)15-9-5-3-4-8(14)6-9/h3-6H,2,7H2,1H3,(H,15,17)(H,16,19,20). The lowest BCUT2D eigenvalue weighted by atomic mass is 10.3. The SMILES string of the molecule is CCOC(=O)NC(=O)CSc1nnc(Nc2cccc(Cl)c2)s1.